The standard InChI is InChI=1S/C18H34N2O/c1-17(2,3)14-16(21)8-7-11-20-12-9-15(10-13-20)19-18(4,5)6/h7-8,15,19H,9-14H2,1-6H3/b8-7+. The van der Waals surface area contributed by atoms with Gasteiger partial charge in [-0.05, 0) is 58.2 Å². The minimum atomic E-state index is 0.0817. The molecule has 0 atom stereocenters. The molecule has 0 aromatic rings. The third-order valence-corrected chi connectivity index (χ3v) is 3.60. The summed E-state index contributed by atoms with van der Waals surface area (Å²) in [6.07, 6.45) is 6.82. The van der Waals surface area contributed by atoms with Crippen LogP contribution in [-0.2, 0) is 4.79 Å². The number of allylic oxidation sites excluding steroid dienone is 1. The molecule has 1 aliphatic heterocycles. The molecule has 21 heavy (non-hydrogen) atoms. The Morgan fingerprint density at radius 1 is 1.14 bits per heavy atom. The number of carbonyl (C=O) groups excluding carboxylic acids is 1. The number of piperidine rings is 1. The first kappa shape index (κ1) is 18.4. The first-order valence-corrected chi connectivity index (χ1v) is 8.25. The van der Waals surface area contributed by atoms with Gasteiger partial charge in [-0.15, -0.1) is 0 Å². The molecule has 1 fully saturated rings. The minimum Gasteiger partial charge on any atom is -0.309 e. The third kappa shape index (κ3) is 9.05. The molecule has 1 aliphatic rings. The van der Waals surface area contributed by atoms with Crippen LogP contribution in [0.5, 0.6) is 0 Å². The quantitative estimate of drug-likeness (QED) is 0.789. The van der Waals surface area contributed by atoms with Crippen LogP contribution in [0.25, 0.3) is 0 Å². The molecule has 0 aliphatic carbocycles. The molecular weight excluding hydrogens is 260 g/mol. The lowest BCUT2D eigenvalue weighted by molar-refractivity contribution is -0.116. The lowest BCUT2D eigenvalue weighted by Gasteiger charge is -2.35. The molecule has 0 aromatic heterocycles. The highest BCUT2D eigenvalue weighted by atomic mass is 16.1. The molecule has 1 rings (SSSR count). The summed E-state index contributed by atoms with van der Waals surface area (Å²) in [6, 6.07) is 0.632. The molecule has 0 spiro atoms. The largest absolute Gasteiger partial charge is 0.309 e. The number of hydrogen-bond donors (Lipinski definition) is 1. The van der Waals surface area contributed by atoms with Crippen LogP contribution in [0.1, 0.15) is 60.8 Å². The lowest BCUT2D eigenvalue weighted by Crippen LogP contribution is -2.49. The van der Waals surface area contributed by atoms with Crippen LogP contribution < -0.4 is 5.32 Å². The maximum Gasteiger partial charge on any atom is 0.155 e. The van der Waals surface area contributed by atoms with Crippen molar-refractivity contribution in [2.45, 2.75) is 72.4 Å². The van der Waals surface area contributed by atoms with Crippen LogP contribution in [0.15, 0.2) is 12.2 Å². The number of likely N-dealkylation sites (tertiary alicyclic amines) is 1. The van der Waals surface area contributed by atoms with Gasteiger partial charge in [-0.2, -0.15) is 0 Å². The van der Waals surface area contributed by atoms with Crippen LogP contribution in [0, 0.1) is 5.41 Å². The molecule has 0 radical (unpaired) electrons. The zero-order valence-corrected chi connectivity index (χ0v) is 14.8. The molecule has 0 aromatic carbocycles. The highest BCUT2D eigenvalue weighted by Gasteiger charge is 2.22. The molecule has 0 unspecified atom stereocenters. The van der Waals surface area contributed by atoms with E-state index in [1.807, 2.05) is 6.08 Å². The first-order valence-electron chi connectivity index (χ1n) is 8.25. The smallest absolute Gasteiger partial charge is 0.155 e. The molecule has 1 saturated heterocycles. The number of nitrogens with one attached hydrogen (secondary N) is 1. The Morgan fingerprint density at radius 2 is 1.71 bits per heavy atom. The van der Waals surface area contributed by atoms with Crippen LogP contribution >= 0.6 is 0 Å². The molecule has 1 N–H and O–H groups in total. The SMILES string of the molecule is CC(C)(C)CC(=O)/C=C/CN1CCC(NC(C)(C)C)CC1. The fourth-order valence-electron chi connectivity index (χ4n) is 2.79. The first-order chi connectivity index (χ1) is 9.55. The number of hydrogen-bond acceptors (Lipinski definition) is 3. The van der Waals surface area contributed by atoms with Gasteiger partial charge in [0.05, 0.1) is 0 Å². The van der Waals surface area contributed by atoms with E-state index < -0.39 is 0 Å². The zero-order valence-electron chi connectivity index (χ0n) is 14.8. The Morgan fingerprint density at radius 3 is 2.19 bits per heavy atom. The highest BCUT2D eigenvalue weighted by molar-refractivity contribution is 5.90. The van der Waals surface area contributed by atoms with Gasteiger partial charge in [0.2, 0.25) is 0 Å². The zero-order chi connectivity index (χ0) is 16.1. The molecule has 0 amide bonds. The second kappa shape index (κ2) is 7.55. The minimum absolute atomic E-state index is 0.0817. The van der Waals surface area contributed by atoms with Gasteiger partial charge in [0.15, 0.2) is 5.78 Å². The predicted octanol–water partition coefficient (Wildman–Crippen LogP) is 3.40. The van der Waals surface area contributed by atoms with Crippen molar-refractivity contribution in [1.29, 1.82) is 0 Å². The number of rotatable bonds is 5. The monoisotopic (exact) mass is 294 g/mol. The van der Waals surface area contributed by atoms with Gasteiger partial charge >= 0.3 is 0 Å². The van der Waals surface area contributed by atoms with Crippen molar-refractivity contribution in [3.63, 3.8) is 0 Å². The van der Waals surface area contributed by atoms with E-state index in [2.05, 4.69) is 51.8 Å². The number of carbonyl (C=O) groups is 1. The van der Waals surface area contributed by atoms with Crippen molar-refractivity contribution in [3.05, 3.63) is 12.2 Å². The third-order valence-electron chi connectivity index (χ3n) is 3.60. The summed E-state index contributed by atoms with van der Waals surface area (Å²) in [6.45, 7) is 16.1. The topological polar surface area (TPSA) is 32.3 Å². The highest BCUT2D eigenvalue weighted by Crippen LogP contribution is 2.19. The fourth-order valence-corrected chi connectivity index (χ4v) is 2.79. The van der Waals surface area contributed by atoms with Crippen molar-refractivity contribution in [3.8, 4) is 0 Å². The second-order valence-electron chi connectivity index (χ2n) is 8.58. The van der Waals surface area contributed by atoms with Crippen molar-refractivity contribution in [2.75, 3.05) is 19.6 Å². The van der Waals surface area contributed by atoms with Gasteiger partial charge in [-0.25, -0.2) is 0 Å². The normalized spacial score (nSPS) is 19.3. The van der Waals surface area contributed by atoms with Crippen molar-refractivity contribution < 1.29 is 4.79 Å². The van der Waals surface area contributed by atoms with Gasteiger partial charge in [0.1, 0.15) is 0 Å². The summed E-state index contributed by atoms with van der Waals surface area (Å²) in [4.78, 5) is 14.2. The van der Waals surface area contributed by atoms with E-state index in [9.17, 15) is 4.79 Å². The van der Waals surface area contributed by atoms with Crippen molar-refractivity contribution in [1.82, 2.24) is 10.2 Å². The van der Waals surface area contributed by atoms with E-state index in [0.717, 1.165) is 19.6 Å². The van der Waals surface area contributed by atoms with Crippen LogP contribution in [0.2, 0.25) is 0 Å². The van der Waals surface area contributed by atoms with E-state index in [0.29, 0.717) is 12.5 Å². The molecule has 1 heterocycles. The van der Waals surface area contributed by atoms with Crippen LogP contribution in [-0.4, -0.2) is 41.9 Å². The molecular formula is C18H34N2O. The van der Waals surface area contributed by atoms with Gasteiger partial charge in [0.25, 0.3) is 0 Å². The molecule has 122 valence electrons. The van der Waals surface area contributed by atoms with E-state index in [4.69, 9.17) is 0 Å². The Labute approximate surface area is 131 Å². The van der Waals surface area contributed by atoms with E-state index >= 15 is 0 Å². The van der Waals surface area contributed by atoms with E-state index in [-0.39, 0.29) is 16.7 Å². The van der Waals surface area contributed by atoms with Crippen molar-refractivity contribution >= 4 is 5.78 Å². The molecule has 3 heteroatoms. The summed E-state index contributed by atoms with van der Waals surface area (Å²) in [7, 11) is 0. The number of nitrogens with zero attached hydrogens (tertiary/aromatic N) is 1. The second-order valence-corrected chi connectivity index (χ2v) is 8.58. The maximum atomic E-state index is 11.8. The fraction of sp³-hybridized carbons (Fsp3) is 0.833. The van der Waals surface area contributed by atoms with Gasteiger partial charge < -0.3 is 5.32 Å². The lowest BCUT2D eigenvalue weighted by atomic mass is 9.90. The van der Waals surface area contributed by atoms with Gasteiger partial charge in [0, 0.05) is 24.5 Å². The summed E-state index contributed by atoms with van der Waals surface area (Å²) in [5.41, 5.74) is 0.282. The van der Waals surface area contributed by atoms with Crippen molar-refractivity contribution in [2.24, 2.45) is 5.41 Å². The summed E-state index contributed by atoms with van der Waals surface area (Å²) in [5.74, 6) is 0.242. The van der Waals surface area contributed by atoms with Gasteiger partial charge in [-0.1, -0.05) is 26.8 Å². The maximum absolute atomic E-state index is 11.8. The van der Waals surface area contributed by atoms with E-state index in [1.165, 1.54) is 12.8 Å². The van der Waals surface area contributed by atoms with E-state index in [1.54, 1.807) is 6.08 Å². The summed E-state index contributed by atoms with van der Waals surface area (Å²) < 4.78 is 0. The molecule has 3 nitrogen and oxygen atoms in total. The Kier molecular flexibility index (Phi) is 6.61. The van der Waals surface area contributed by atoms with Crippen LogP contribution in [0.4, 0.5) is 0 Å². The molecule has 0 bridgehead atoms. The predicted molar refractivity (Wildman–Crippen MR) is 90.6 cm³/mol. The Bertz CT molecular complexity index is 352. The number of ketones is 1. The van der Waals surface area contributed by atoms with Gasteiger partial charge in [-0.3, -0.25) is 9.69 Å². The average Bonchev–Trinajstić information content (AvgIpc) is 2.27. The summed E-state index contributed by atoms with van der Waals surface area (Å²) >= 11 is 0. The summed E-state index contributed by atoms with van der Waals surface area (Å²) in [5, 5.41) is 3.68. The molecule has 0 saturated carbocycles. The van der Waals surface area contributed by atoms with Crippen LogP contribution in [0.3, 0.4) is 0 Å². The Hall–Kier alpha value is -0.670. The Balaban J connectivity index is 2.26. The average molecular weight is 294 g/mol.